The molecule has 0 saturated carbocycles. The number of thiophene rings is 1. The molecule has 0 aliphatic heterocycles. The third-order valence-corrected chi connectivity index (χ3v) is 5.55. The van der Waals surface area contributed by atoms with E-state index in [2.05, 4.69) is 0 Å². The van der Waals surface area contributed by atoms with Gasteiger partial charge in [-0.1, -0.05) is 12.1 Å². The third-order valence-electron chi connectivity index (χ3n) is 4.71. The van der Waals surface area contributed by atoms with Gasteiger partial charge in [0.1, 0.15) is 11.8 Å². The Morgan fingerprint density at radius 2 is 1.93 bits per heavy atom. The van der Waals surface area contributed by atoms with Crippen LogP contribution in [-0.2, 0) is 16.0 Å². The van der Waals surface area contributed by atoms with Crippen molar-refractivity contribution in [2.45, 2.75) is 39.3 Å². The number of primary amides is 1. The molecule has 2 aromatic rings. The van der Waals surface area contributed by atoms with Gasteiger partial charge >= 0.3 is 0 Å². The smallest absolute Gasteiger partial charge is 0.240 e. The van der Waals surface area contributed by atoms with Crippen molar-refractivity contribution in [1.82, 2.24) is 4.90 Å². The predicted octanol–water partition coefficient (Wildman–Crippen LogP) is 2.36. The van der Waals surface area contributed by atoms with Crippen molar-refractivity contribution in [2.24, 2.45) is 11.5 Å². The van der Waals surface area contributed by atoms with Crippen LogP contribution in [0.15, 0.2) is 35.7 Å². The van der Waals surface area contributed by atoms with Gasteiger partial charge in [0.2, 0.25) is 11.8 Å². The van der Waals surface area contributed by atoms with E-state index in [1.807, 2.05) is 43.5 Å². The van der Waals surface area contributed by atoms with Crippen molar-refractivity contribution >= 4 is 29.2 Å². The van der Waals surface area contributed by atoms with Gasteiger partial charge in [0.25, 0.3) is 0 Å². The fraction of sp³-hybridized carbons (Fsp3) is 0.333. The summed E-state index contributed by atoms with van der Waals surface area (Å²) in [6.45, 7) is 5.57. The molecule has 0 aliphatic rings. The minimum absolute atomic E-state index is 0.182. The molecule has 5 N–H and O–H groups in total. The Labute approximate surface area is 169 Å². The van der Waals surface area contributed by atoms with Gasteiger partial charge in [-0.3, -0.25) is 9.59 Å². The van der Waals surface area contributed by atoms with Crippen LogP contribution in [0.2, 0.25) is 0 Å². The van der Waals surface area contributed by atoms with Crippen molar-refractivity contribution in [3.8, 4) is 5.75 Å². The number of phenolic OH excluding ortho intramolecular Hbond substituents is 1. The lowest BCUT2D eigenvalue weighted by atomic mass is 9.95. The molecule has 1 heterocycles. The summed E-state index contributed by atoms with van der Waals surface area (Å²) in [5.41, 5.74) is 14.3. The summed E-state index contributed by atoms with van der Waals surface area (Å²) < 4.78 is 0. The summed E-state index contributed by atoms with van der Waals surface area (Å²) in [6, 6.07) is 5.61. The average molecular weight is 402 g/mol. The van der Waals surface area contributed by atoms with E-state index < -0.39 is 18.0 Å². The lowest BCUT2D eigenvalue weighted by molar-refractivity contribution is -0.139. The first kappa shape index (κ1) is 21.7. The number of rotatable bonds is 8. The molecule has 0 spiro atoms. The molecule has 0 bridgehead atoms. The molecular formula is C21H27N3O3S. The van der Waals surface area contributed by atoms with Crippen molar-refractivity contribution < 1.29 is 14.7 Å². The minimum atomic E-state index is -0.820. The molecule has 6 nitrogen and oxygen atoms in total. The van der Waals surface area contributed by atoms with Gasteiger partial charge in [0.05, 0.1) is 6.04 Å². The van der Waals surface area contributed by atoms with Crippen molar-refractivity contribution in [3.63, 3.8) is 0 Å². The number of nitrogens with two attached hydrogens (primary N) is 2. The summed E-state index contributed by atoms with van der Waals surface area (Å²) in [6.07, 6.45) is 4.04. The van der Waals surface area contributed by atoms with E-state index in [-0.39, 0.29) is 18.2 Å². The second kappa shape index (κ2) is 9.52. The second-order valence-corrected chi connectivity index (χ2v) is 7.83. The number of nitrogens with zero attached hydrogens (tertiary/aromatic N) is 1. The number of amides is 2. The van der Waals surface area contributed by atoms with Gasteiger partial charge in [0.15, 0.2) is 0 Å². The zero-order valence-corrected chi connectivity index (χ0v) is 17.2. The molecular weight excluding hydrogens is 374 g/mol. The fourth-order valence-corrected chi connectivity index (χ4v) is 3.72. The maximum atomic E-state index is 13.0. The third kappa shape index (κ3) is 5.43. The summed E-state index contributed by atoms with van der Waals surface area (Å²) in [4.78, 5) is 27.1. The highest BCUT2D eigenvalue weighted by atomic mass is 32.1. The molecule has 2 amide bonds. The number of phenols is 1. The van der Waals surface area contributed by atoms with E-state index in [0.29, 0.717) is 6.42 Å². The van der Waals surface area contributed by atoms with Crippen LogP contribution >= 0.6 is 11.3 Å². The zero-order chi connectivity index (χ0) is 20.8. The molecule has 150 valence electrons. The van der Waals surface area contributed by atoms with Gasteiger partial charge < -0.3 is 21.5 Å². The molecule has 0 saturated heterocycles. The van der Waals surface area contributed by atoms with Gasteiger partial charge in [0, 0.05) is 11.4 Å². The number of carbonyl (C=O) groups is 2. The number of aromatic hydroxyl groups is 1. The highest BCUT2D eigenvalue weighted by Gasteiger charge is 2.28. The SMILES string of the molecule is Cc1cc(O)cc(C)c1C[C@H](N)C(=O)N(CC=Cc1cccs1)[C@H](C)C(N)=O. The Morgan fingerprint density at radius 3 is 2.46 bits per heavy atom. The van der Waals surface area contributed by atoms with Crippen LogP contribution in [0.5, 0.6) is 5.75 Å². The Morgan fingerprint density at radius 1 is 1.29 bits per heavy atom. The highest BCUT2D eigenvalue weighted by molar-refractivity contribution is 7.10. The van der Waals surface area contributed by atoms with Crippen LogP contribution in [0.1, 0.15) is 28.5 Å². The van der Waals surface area contributed by atoms with E-state index >= 15 is 0 Å². The van der Waals surface area contributed by atoms with E-state index in [9.17, 15) is 14.7 Å². The van der Waals surface area contributed by atoms with E-state index in [1.165, 1.54) is 4.90 Å². The topological polar surface area (TPSA) is 110 Å². The van der Waals surface area contributed by atoms with Crippen molar-refractivity contribution in [3.05, 3.63) is 57.3 Å². The fourth-order valence-electron chi connectivity index (χ4n) is 3.07. The Bertz CT molecular complexity index is 839. The first-order chi connectivity index (χ1) is 13.2. The van der Waals surface area contributed by atoms with Crippen molar-refractivity contribution in [1.29, 1.82) is 0 Å². The van der Waals surface area contributed by atoms with Gasteiger partial charge in [-0.2, -0.15) is 0 Å². The van der Waals surface area contributed by atoms with Gasteiger partial charge in [-0.15, -0.1) is 11.3 Å². The van der Waals surface area contributed by atoms with Crippen LogP contribution in [-0.4, -0.2) is 40.4 Å². The number of benzene rings is 1. The Balaban J connectivity index is 2.17. The zero-order valence-electron chi connectivity index (χ0n) is 16.4. The maximum absolute atomic E-state index is 13.0. The molecule has 28 heavy (non-hydrogen) atoms. The molecule has 0 fully saturated rings. The molecule has 7 heteroatoms. The van der Waals surface area contributed by atoms with E-state index in [4.69, 9.17) is 11.5 Å². The van der Waals surface area contributed by atoms with Crippen LogP contribution in [0.4, 0.5) is 0 Å². The summed E-state index contributed by atoms with van der Waals surface area (Å²) in [5, 5.41) is 11.7. The molecule has 2 atom stereocenters. The first-order valence-corrected chi connectivity index (χ1v) is 9.93. The van der Waals surface area contributed by atoms with Gasteiger partial charge in [-0.25, -0.2) is 0 Å². The summed E-state index contributed by atoms with van der Waals surface area (Å²) >= 11 is 1.58. The molecule has 1 aromatic heterocycles. The molecule has 1 aromatic carbocycles. The standard InChI is InChI=1S/C21H27N3O3S/c1-13-10-16(25)11-14(2)18(13)12-19(22)21(27)24(15(3)20(23)26)8-4-6-17-7-5-9-28-17/h4-7,9-11,15,19,25H,8,12,22H2,1-3H3,(H2,23,26)/t15-,19+/m1/s1. The maximum Gasteiger partial charge on any atom is 0.240 e. The highest BCUT2D eigenvalue weighted by Crippen LogP contribution is 2.22. The van der Waals surface area contributed by atoms with Crippen LogP contribution < -0.4 is 11.5 Å². The van der Waals surface area contributed by atoms with E-state index in [0.717, 1.165) is 21.6 Å². The quantitative estimate of drug-likeness (QED) is 0.631. The van der Waals surface area contributed by atoms with Crippen LogP contribution in [0.3, 0.4) is 0 Å². The monoisotopic (exact) mass is 401 g/mol. The van der Waals surface area contributed by atoms with Gasteiger partial charge in [-0.05, 0) is 73.5 Å². The lowest BCUT2D eigenvalue weighted by Crippen LogP contribution is -2.52. The summed E-state index contributed by atoms with van der Waals surface area (Å²) in [7, 11) is 0. The number of hydrogen-bond acceptors (Lipinski definition) is 5. The predicted molar refractivity (Wildman–Crippen MR) is 113 cm³/mol. The lowest BCUT2D eigenvalue weighted by Gasteiger charge is -2.29. The van der Waals surface area contributed by atoms with Crippen molar-refractivity contribution in [2.75, 3.05) is 6.54 Å². The number of carbonyl (C=O) groups excluding carboxylic acids is 2. The van der Waals surface area contributed by atoms with Crippen LogP contribution in [0, 0.1) is 13.8 Å². The Hall–Kier alpha value is -2.64. The molecule has 0 radical (unpaired) electrons. The molecule has 2 rings (SSSR count). The number of aryl methyl sites for hydroxylation is 2. The average Bonchev–Trinajstić information content (AvgIpc) is 3.13. The first-order valence-electron chi connectivity index (χ1n) is 9.05. The summed E-state index contributed by atoms with van der Waals surface area (Å²) in [5.74, 6) is -0.739. The van der Waals surface area contributed by atoms with E-state index in [1.54, 1.807) is 30.4 Å². The largest absolute Gasteiger partial charge is 0.508 e. The van der Waals surface area contributed by atoms with Crippen LogP contribution in [0.25, 0.3) is 6.08 Å². The normalized spacial score (nSPS) is 13.4. The minimum Gasteiger partial charge on any atom is -0.508 e. The number of hydrogen-bond donors (Lipinski definition) is 3. The molecule has 0 unspecified atom stereocenters. The Kier molecular flexibility index (Phi) is 7.37. The second-order valence-electron chi connectivity index (χ2n) is 6.86. The molecule has 0 aliphatic carbocycles.